The third-order valence-electron chi connectivity index (χ3n) is 3.25. The van der Waals surface area contributed by atoms with Crippen molar-refractivity contribution in [2.75, 3.05) is 19.6 Å². The molecule has 0 saturated carbocycles. The Morgan fingerprint density at radius 3 is 2.84 bits per heavy atom. The van der Waals surface area contributed by atoms with Crippen molar-refractivity contribution >= 4 is 17.5 Å². The van der Waals surface area contributed by atoms with E-state index in [9.17, 15) is 9.90 Å². The third-order valence-corrected chi connectivity index (χ3v) is 3.50. The quantitative estimate of drug-likeness (QED) is 0.878. The summed E-state index contributed by atoms with van der Waals surface area (Å²) in [4.78, 5) is 13.8. The van der Waals surface area contributed by atoms with Crippen molar-refractivity contribution < 1.29 is 9.90 Å². The van der Waals surface area contributed by atoms with Gasteiger partial charge in [-0.25, -0.2) is 0 Å². The molecule has 4 nitrogen and oxygen atoms in total. The number of piperidine rings is 1. The van der Waals surface area contributed by atoms with Gasteiger partial charge in [0.1, 0.15) is 0 Å². The van der Waals surface area contributed by atoms with Crippen LogP contribution in [-0.4, -0.2) is 41.7 Å². The molecule has 0 unspecified atom stereocenters. The Morgan fingerprint density at radius 2 is 2.16 bits per heavy atom. The van der Waals surface area contributed by atoms with Gasteiger partial charge in [-0.2, -0.15) is 0 Å². The summed E-state index contributed by atoms with van der Waals surface area (Å²) < 4.78 is 0. The first-order valence-corrected chi connectivity index (χ1v) is 6.93. The molecule has 1 aromatic carbocycles. The Hall–Kier alpha value is -1.10. The van der Waals surface area contributed by atoms with E-state index in [1.165, 1.54) is 0 Å². The minimum Gasteiger partial charge on any atom is -0.392 e. The van der Waals surface area contributed by atoms with Crippen LogP contribution in [0.25, 0.3) is 0 Å². The molecule has 104 valence electrons. The Morgan fingerprint density at radius 1 is 1.42 bits per heavy atom. The van der Waals surface area contributed by atoms with E-state index in [-0.39, 0.29) is 12.0 Å². The maximum Gasteiger partial charge on any atom is 0.234 e. The highest BCUT2D eigenvalue weighted by atomic mass is 35.5. The standard InChI is InChI=1S/C14H19ClN2O2/c15-12-5-3-11(4-6-12)8-16-14(19)10-17-7-1-2-13(18)9-17/h3-6,13,18H,1-2,7-10H2,(H,16,19)/t13-/m0/s1. The second-order valence-electron chi connectivity index (χ2n) is 4.93. The van der Waals surface area contributed by atoms with E-state index in [1.54, 1.807) is 0 Å². The minimum atomic E-state index is -0.294. The normalized spacial score (nSPS) is 20.2. The van der Waals surface area contributed by atoms with E-state index in [1.807, 2.05) is 29.2 Å². The molecule has 0 radical (unpaired) electrons. The topological polar surface area (TPSA) is 52.6 Å². The van der Waals surface area contributed by atoms with Crippen LogP contribution in [0.5, 0.6) is 0 Å². The van der Waals surface area contributed by atoms with Gasteiger partial charge in [0.05, 0.1) is 12.6 Å². The highest BCUT2D eigenvalue weighted by Gasteiger charge is 2.19. The summed E-state index contributed by atoms with van der Waals surface area (Å²) in [6.07, 6.45) is 1.49. The summed E-state index contributed by atoms with van der Waals surface area (Å²) in [6, 6.07) is 7.41. The van der Waals surface area contributed by atoms with Crippen molar-refractivity contribution in [1.82, 2.24) is 10.2 Å². The highest BCUT2D eigenvalue weighted by Crippen LogP contribution is 2.10. The molecule has 19 heavy (non-hydrogen) atoms. The lowest BCUT2D eigenvalue weighted by atomic mass is 10.1. The number of hydrogen-bond donors (Lipinski definition) is 2. The molecule has 1 aromatic rings. The maximum absolute atomic E-state index is 11.8. The molecule has 1 atom stereocenters. The van der Waals surface area contributed by atoms with Crippen molar-refractivity contribution in [3.05, 3.63) is 34.9 Å². The van der Waals surface area contributed by atoms with E-state index < -0.39 is 0 Å². The number of aliphatic hydroxyl groups is 1. The van der Waals surface area contributed by atoms with Crippen LogP contribution in [0.2, 0.25) is 5.02 Å². The number of halogens is 1. The average molecular weight is 283 g/mol. The van der Waals surface area contributed by atoms with Crippen LogP contribution in [0.4, 0.5) is 0 Å². The Balaban J connectivity index is 1.73. The van der Waals surface area contributed by atoms with Gasteiger partial charge in [0, 0.05) is 18.1 Å². The molecule has 0 spiro atoms. The highest BCUT2D eigenvalue weighted by molar-refractivity contribution is 6.30. The second-order valence-corrected chi connectivity index (χ2v) is 5.37. The molecule has 1 aliphatic heterocycles. The third kappa shape index (κ3) is 4.82. The molecule has 1 saturated heterocycles. The second kappa shape index (κ2) is 6.89. The molecular weight excluding hydrogens is 264 g/mol. The van der Waals surface area contributed by atoms with Crippen LogP contribution in [-0.2, 0) is 11.3 Å². The van der Waals surface area contributed by atoms with Crippen molar-refractivity contribution in [3.8, 4) is 0 Å². The lowest BCUT2D eigenvalue weighted by Crippen LogP contribution is -2.44. The SMILES string of the molecule is O=C(CN1CCC[C@H](O)C1)NCc1ccc(Cl)cc1. The number of amides is 1. The number of benzene rings is 1. The smallest absolute Gasteiger partial charge is 0.234 e. The number of rotatable bonds is 4. The molecule has 1 heterocycles. The van der Waals surface area contributed by atoms with Gasteiger partial charge in [-0.05, 0) is 37.1 Å². The molecule has 5 heteroatoms. The largest absolute Gasteiger partial charge is 0.392 e. The lowest BCUT2D eigenvalue weighted by molar-refractivity contribution is -0.123. The van der Waals surface area contributed by atoms with Crippen molar-refractivity contribution in [2.24, 2.45) is 0 Å². The first-order chi connectivity index (χ1) is 9.13. The van der Waals surface area contributed by atoms with Gasteiger partial charge in [0.2, 0.25) is 5.91 Å². The van der Waals surface area contributed by atoms with E-state index >= 15 is 0 Å². The molecule has 2 rings (SSSR count). The van der Waals surface area contributed by atoms with Gasteiger partial charge in [0.15, 0.2) is 0 Å². The van der Waals surface area contributed by atoms with Crippen LogP contribution in [0.3, 0.4) is 0 Å². The molecular formula is C14H19ClN2O2. The summed E-state index contributed by atoms with van der Waals surface area (Å²) in [6.45, 7) is 2.33. The predicted molar refractivity (Wildman–Crippen MR) is 75.0 cm³/mol. The van der Waals surface area contributed by atoms with Crippen LogP contribution in [0, 0.1) is 0 Å². The first-order valence-electron chi connectivity index (χ1n) is 6.55. The number of aliphatic hydroxyl groups excluding tert-OH is 1. The first kappa shape index (κ1) is 14.3. The zero-order valence-electron chi connectivity index (χ0n) is 10.8. The fraction of sp³-hybridized carbons (Fsp3) is 0.500. The lowest BCUT2D eigenvalue weighted by Gasteiger charge is -2.29. The van der Waals surface area contributed by atoms with Gasteiger partial charge >= 0.3 is 0 Å². The van der Waals surface area contributed by atoms with Gasteiger partial charge in [-0.3, -0.25) is 9.69 Å². The number of likely N-dealkylation sites (tertiary alicyclic amines) is 1. The van der Waals surface area contributed by atoms with Crippen LogP contribution in [0.15, 0.2) is 24.3 Å². The van der Waals surface area contributed by atoms with Gasteiger partial charge in [-0.1, -0.05) is 23.7 Å². The maximum atomic E-state index is 11.8. The summed E-state index contributed by atoms with van der Waals surface area (Å²) in [5.41, 5.74) is 1.02. The van der Waals surface area contributed by atoms with E-state index in [4.69, 9.17) is 11.6 Å². The molecule has 0 aromatic heterocycles. The number of carbonyl (C=O) groups is 1. The molecule has 0 bridgehead atoms. The molecule has 0 aliphatic carbocycles. The molecule has 1 amide bonds. The van der Waals surface area contributed by atoms with Gasteiger partial charge in [-0.15, -0.1) is 0 Å². The van der Waals surface area contributed by atoms with Gasteiger partial charge in [0.25, 0.3) is 0 Å². The molecule has 1 fully saturated rings. The predicted octanol–water partition coefficient (Wildman–Crippen LogP) is 1.41. The fourth-order valence-electron chi connectivity index (χ4n) is 2.24. The number of carbonyl (C=O) groups excluding carboxylic acids is 1. The van der Waals surface area contributed by atoms with E-state index in [2.05, 4.69) is 5.32 Å². The zero-order valence-corrected chi connectivity index (χ0v) is 11.6. The molecule has 2 N–H and O–H groups in total. The summed E-state index contributed by atoms with van der Waals surface area (Å²) in [5.74, 6) is -0.0101. The zero-order chi connectivity index (χ0) is 13.7. The average Bonchev–Trinajstić information content (AvgIpc) is 2.38. The van der Waals surface area contributed by atoms with Crippen molar-refractivity contribution in [3.63, 3.8) is 0 Å². The Kier molecular flexibility index (Phi) is 5.19. The van der Waals surface area contributed by atoms with Crippen LogP contribution in [0.1, 0.15) is 18.4 Å². The monoisotopic (exact) mass is 282 g/mol. The Labute approximate surface area is 118 Å². The fourth-order valence-corrected chi connectivity index (χ4v) is 2.36. The summed E-state index contributed by atoms with van der Waals surface area (Å²) in [7, 11) is 0. The van der Waals surface area contributed by atoms with E-state index in [0.717, 1.165) is 24.9 Å². The summed E-state index contributed by atoms with van der Waals surface area (Å²) in [5, 5.41) is 13.1. The summed E-state index contributed by atoms with van der Waals surface area (Å²) >= 11 is 5.80. The van der Waals surface area contributed by atoms with E-state index in [0.29, 0.717) is 24.7 Å². The van der Waals surface area contributed by atoms with Crippen molar-refractivity contribution in [2.45, 2.75) is 25.5 Å². The van der Waals surface area contributed by atoms with Crippen LogP contribution >= 0.6 is 11.6 Å². The minimum absolute atomic E-state index is 0.0101. The van der Waals surface area contributed by atoms with Crippen molar-refractivity contribution in [1.29, 1.82) is 0 Å². The number of β-amino-alcohol motifs (C(OH)–C–C–N with tert-alkyl or cyclic N) is 1. The number of hydrogen-bond acceptors (Lipinski definition) is 3. The molecule has 1 aliphatic rings. The van der Waals surface area contributed by atoms with Crippen LogP contribution < -0.4 is 5.32 Å². The Bertz CT molecular complexity index is 422. The number of nitrogens with zero attached hydrogens (tertiary/aromatic N) is 1. The van der Waals surface area contributed by atoms with Gasteiger partial charge < -0.3 is 10.4 Å². The number of nitrogens with one attached hydrogen (secondary N) is 1.